The molecule has 1 N–H and O–H groups in total. The van der Waals surface area contributed by atoms with Crippen LogP contribution < -0.4 is 0 Å². The van der Waals surface area contributed by atoms with Crippen LogP contribution in [0.25, 0.3) is 5.57 Å². The quantitative estimate of drug-likeness (QED) is 0.825. The van der Waals surface area contributed by atoms with Crippen molar-refractivity contribution in [3.8, 4) is 0 Å². The fourth-order valence-corrected chi connectivity index (χ4v) is 2.94. The molecule has 0 saturated carbocycles. The largest absolute Gasteiger partial charge is 0.465 e. The standard InChI is InChI=1S/C14H16N2O2/c1-9-2-3-10(6-15-9)11-4-12-7-16(14(17)18)8-13(12)5-11/h2-4,6,12-13H,5,7-8H2,1H3,(H,17,18)/t12-,13+/m1/s1. The van der Waals surface area contributed by atoms with Crippen LogP contribution in [0.2, 0.25) is 0 Å². The van der Waals surface area contributed by atoms with Crippen LogP contribution >= 0.6 is 0 Å². The SMILES string of the molecule is Cc1ccc(C2=C[C@@H]3CN(C(=O)O)C[C@@H]3C2)cn1. The Morgan fingerprint density at radius 2 is 2.28 bits per heavy atom. The molecule has 0 unspecified atom stereocenters. The van der Waals surface area contributed by atoms with Gasteiger partial charge in [0.25, 0.3) is 0 Å². The molecule has 2 aliphatic rings. The molecule has 1 aliphatic heterocycles. The lowest BCUT2D eigenvalue weighted by Gasteiger charge is -2.12. The molecule has 0 aromatic carbocycles. The summed E-state index contributed by atoms with van der Waals surface area (Å²) in [7, 11) is 0. The van der Waals surface area contributed by atoms with Crippen molar-refractivity contribution in [3.05, 3.63) is 35.7 Å². The summed E-state index contributed by atoms with van der Waals surface area (Å²) in [6, 6.07) is 4.12. The smallest absolute Gasteiger partial charge is 0.407 e. The first-order chi connectivity index (χ1) is 8.63. The zero-order valence-corrected chi connectivity index (χ0v) is 10.3. The van der Waals surface area contributed by atoms with Crippen molar-refractivity contribution in [2.24, 2.45) is 11.8 Å². The number of carboxylic acid groups (broad SMARTS) is 1. The van der Waals surface area contributed by atoms with Crippen LogP contribution in [0.5, 0.6) is 0 Å². The Balaban J connectivity index is 1.77. The van der Waals surface area contributed by atoms with Gasteiger partial charge in [0.15, 0.2) is 0 Å². The maximum atomic E-state index is 10.9. The molecule has 0 bridgehead atoms. The van der Waals surface area contributed by atoms with E-state index < -0.39 is 6.09 Å². The highest BCUT2D eigenvalue weighted by Gasteiger charge is 2.38. The summed E-state index contributed by atoms with van der Waals surface area (Å²) in [5.41, 5.74) is 3.52. The van der Waals surface area contributed by atoms with E-state index >= 15 is 0 Å². The molecule has 1 aliphatic carbocycles. The first-order valence-corrected chi connectivity index (χ1v) is 6.25. The maximum absolute atomic E-state index is 10.9. The van der Waals surface area contributed by atoms with E-state index in [0.717, 1.165) is 12.1 Å². The van der Waals surface area contributed by atoms with Gasteiger partial charge in [0, 0.05) is 25.0 Å². The third kappa shape index (κ3) is 1.88. The molecule has 18 heavy (non-hydrogen) atoms. The lowest BCUT2D eigenvalue weighted by molar-refractivity contribution is 0.153. The molecule has 4 heteroatoms. The second-order valence-electron chi connectivity index (χ2n) is 5.20. The first-order valence-electron chi connectivity index (χ1n) is 6.25. The Kier molecular flexibility index (Phi) is 2.58. The number of fused-ring (bicyclic) bond motifs is 1. The topological polar surface area (TPSA) is 53.4 Å². The van der Waals surface area contributed by atoms with Gasteiger partial charge in [-0.25, -0.2) is 4.79 Å². The summed E-state index contributed by atoms with van der Waals surface area (Å²) >= 11 is 0. The molecule has 3 rings (SSSR count). The number of carbonyl (C=O) groups is 1. The van der Waals surface area contributed by atoms with Crippen LogP contribution in [0.15, 0.2) is 24.4 Å². The summed E-state index contributed by atoms with van der Waals surface area (Å²) < 4.78 is 0. The van der Waals surface area contributed by atoms with Gasteiger partial charge < -0.3 is 10.0 Å². The van der Waals surface area contributed by atoms with Crippen LogP contribution in [0.1, 0.15) is 17.7 Å². The highest BCUT2D eigenvalue weighted by atomic mass is 16.4. The minimum Gasteiger partial charge on any atom is -0.465 e. The van der Waals surface area contributed by atoms with Crippen LogP contribution in [0, 0.1) is 18.8 Å². The number of nitrogens with zero attached hydrogens (tertiary/aromatic N) is 2. The number of aromatic nitrogens is 1. The third-order valence-corrected chi connectivity index (χ3v) is 3.94. The number of hydrogen-bond donors (Lipinski definition) is 1. The molecule has 94 valence electrons. The molecular formula is C14H16N2O2. The van der Waals surface area contributed by atoms with Gasteiger partial charge in [-0.1, -0.05) is 12.1 Å². The zero-order chi connectivity index (χ0) is 12.7. The predicted molar refractivity (Wildman–Crippen MR) is 68.1 cm³/mol. The van der Waals surface area contributed by atoms with E-state index in [9.17, 15) is 4.79 Å². The van der Waals surface area contributed by atoms with Crippen molar-refractivity contribution >= 4 is 11.7 Å². The minimum absolute atomic E-state index is 0.386. The highest BCUT2D eigenvalue weighted by Crippen LogP contribution is 2.40. The van der Waals surface area contributed by atoms with Gasteiger partial charge in [0.2, 0.25) is 0 Å². The maximum Gasteiger partial charge on any atom is 0.407 e. The van der Waals surface area contributed by atoms with Gasteiger partial charge in [0.05, 0.1) is 0 Å². The number of likely N-dealkylation sites (tertiary alicyclic amines) is 1. The second kappa shape index (κ2) is 4.12. The molecule has 1 saturated heterocycles. The van der Waals surface area contributed by atoms with E-state index in [1.165, 1.54) is 16.0 Å². The number of aryl methyl sites for hydroxylation is 1. The lowest BCUT2D eigenvalue weighted by Crippen LogP contribution is -2.27. The summed E-state index contributed by atoms with van der Waals surface area (Å²) in [6.45, 7) is 3.29. The Morgan fingerprint density at radius 3 is 2.89 bits per heavy atom. The summed E-state index contributed by atoms with van der Waals surface area (Å²) in [5.74, 6) is 0.842. The lowest BCUT2D eigenvalue weighted by atomic mass is 9.99. The van der Waals surface area contributed by atoms with Gasteiger partial charge in [-0.3, -0.25) is 4.98 Å². The molecule has 2 atom stereocenters. The van der Waals surface area contributed by atoms with E-state index in [2.05, 4.69) is 17.1 Å². The minimum atomic E-state index is -0.795. The molecule has 0 spiro atoms. The summed E-state index contributed by atoms with van der Waals surface area (Å²) in [5, 5.41) is 8.98. The van der Waals surface area contributed by atoms with Crippen molar-refractivity contribution in [1.82, 2.24) is 9.88 Å². The Morgan fingerprint density at radius 1 is 1.44 bits per heavy atom. The molecule has 1 aromatic rings. The van der Waals surface area contributed by atoms with Gasteiger partial charge >= 0.3 is 6.09 Å². The molecule has 1 amide bonds. The Labute approximate surface area is 106 Å². The van der Waals surface area contributed by atoms with Gasteiger partial charge in [-0.05, 0) is 42.4 Å². The van der Waals surface area contributed by atoms with Gasteiger partial charge in [0.1, 0.15) is 0 Å². The molecular weight excluding hydrogens is 228 g/mol. The van der Waals surface area contributed by atoms with Gasteiger partial charge in [-0.15, -0.1) is 0 Å². The van der Waals surface area contributed by atoms with Crippen LogP contribution in [0.3, 0.4) is 0 Å². The normalized spacial score (nSPS) is 26.1. The van der Waals surface area contributed by atoms with Crippen molar-refractivity contribution in [3.63, 3.8) is 0 Å². The van der Waals surface area contributed by atoms with Crippen LogP contribution in [-0.2, 0) is 0 Å². The number of rotatable bonds is 1. The Bertz CT molecular complexity index is 507. The average molecular weight is 244 g/mol. The van der Waals surface area contributed by atoms with E-state index in [-0.39, 0.29) is 0 Å². The van der Waals surface area contributed by atoms with Crippen LogP contribution in [0.4, 0.5) is 4.79 Å². The zero-order valence-electron chi connectivity index (χ0n) is 10.3. The van der Waals surface area contributed by atoms with Crippen molar-refractivity contribution in [2.45, 2.75) is 13.3 Å². The monoisotopic (exact) mass is 244 g/mol. The average Bonchev–Trinajstić information content (AvgIpc) is 2.87. The summed E-state index contributed by atoms with van der Waals surface area (Å²) in [4.78, 5) is 16.8. The molecule has 2 heterocycles. The van der Waals surface area contributed by atoms with Crippen molar-refractivity contribution < 1.29 is 9.90 Å². The molecule has 1 fully saturated rings. The van der Waals surface area contributed by atoms with E-state index in [0.29, 0.717) is 24.9 Å². The second-order valence-corrected chi connectivity index (χ2v) is 5.20. The highest BCUT2D eigenvalue weighted by molar-refractivity contribution is 5.70. The number of hydrogen-bond acceptors (Lipinski definition) is 2. The van der Waals surface area contributed by atoms with Crippen LogP contribution in [-0.4, -0.2) is 34.2 Å². The first kappa shape index (κ1) is 11.3. The molecule has 0 radical (unpaired) electrons. The van der Waals surface area contributed by atoms with E-state index in [1.807, 2.05) is 19.2 Å². The number of pyridine rings is 1. The van der Waals surface area contributed by atoms with E-state index in [1.54, 1.807) is 0 Å². The summed E-state index contributed by atoms with van der Waals surface area (Å²) in [6.07, 6.45) is 4.33. The molecule has 1 aromatic heterocycles. The van der Waals surface area contributed by atoms with E-state index in [4.69, 9.17) is 5.11 Å². The number of amides is 1. The Hall–Kier alpha value is -1.84. The fraction of sp³-hybridized carbons (Fsp3) is 0.429. The third-order valence-electron chi connectivity index (χ3n) is 3.94. The predicted octanol–water partition coefficient (Wildman–Crippen LogP) is 2.40. The fourth-order valence-electron chi connectivity index (χ4n) is 2.94. The molecule has 4 nitrogen and oxygen atoms in total. The van der Waals surface area contributed by atoms with Crippen molar-refractivity contribution in [1.29, 1.82) is 0 Å². The van der Waals surface area contributed by atoms with Crippen molar-refractivity contribution in [2.75, 3.05) is 13.1 Å². The van der Waals surface area contributed by atoms with Gasteiger partial charge in [-0.2, -0.15) is 0 Å². The number of allylic oxidation sites excluding steroid dienone is 1.